The minimum absolute atomic E-state index is 0.115. The van der Waals surface area contributed by atoms with E-state index < -0.39 is 8.32 Å². The highest BCUT2D eigenvalue weighted by Crippen LogP contribution is 2.48. The van der Waals surface area contributed by atoms with Crippen LogP contribution in [0.15, 0.2) is 12.2 Å². The second kappa shape index (κ2) is 8.06. The lowest BCUT2D eigenvalue weighted by molar-refractivity contribution is -0.133. The van der Waals surface area contributed by atoms with Crippen molar-refractivity contribution in [2.75, 3.05) is 0 Å². The maximum atomic E-state index is 11.7. The molecule has 0 heterocycles. The van der Waals surface area contributed by atoms with Gasteiger partial charge in [-0.2, -0.15) is 0 Å². The molecule has 2 saturated carbocycles. The molecule has 0 aromatic carbocycles. The zero-order chi connectivity index (χ0) is 18.8. The van der Waals surface area contributed by atoms with Crippen LogP contribution in [0.25, 0.3) is 0 Å². The topological polar surface area (TPSA) is 46.5 Å². The van der Waals surface area contributed by atoms with Crippen molar-refractivity contribution in [1.29, 1.82) is 0 Å². The summed E-state index contributed by atoms with van der Waals surface area (Å²) in [4.78, 5) is 11.7. The third kappa shape index (κ3) is 4.84. The Morgan fingerprint density at radius 2 is 2.00 bits per heavy atom. The van der Waals surface area contributed by atoms with Crippen LogP contribution in [0.1, 0.15) is 66.2 Å². The maximum Gasteiger partial charge on any atom is 0.192 e. The number of Topliss-reactive ketones (excluding diaryl/α,β-unsaturated/α-hetero) is 1. The minimum atomic E-state index is -1.82. The highest BCUT2D eigenvalue weighted by atomic mass is 28.4. The van der Waals surface area contributed by atoms with Crippen molar-refractivity contribution in [3.05, 3.63) is 12.2 Å². The Kier molecular flexibility index (Phi) is 6.72. The molecule has 2 aliphatic carbocycles. The number of ketones is 1. The van der Waals surface area contributed by atoms with Gasteiger partial charge in [0.2, 0.25) is 0 Å². The maximum absolute atomic E-state index is 11.7. The number of unbranched alkanes of at least 4 members (excludes halogenated alkanes) is 2. The molecule has 4 heteroatoms. The molecule has 0 aromatic rings. The summed E-state index contributed by atoms with van der Waals surface area (Å²) in [6.07, 6.45) is 10.1. The first-order valence-corrected chi connectivity index (χ1v) is 13.0. The van der Waals surface area contributed by atoms with Crippen LogP contribution in [0, 0.1) is 17.8 Å². The molecule has 0 aliphatic heterocycles. The summed E-state index contributed by atoms with van der Waals surface area (Å²) in [6.45, 7) is 13.7. The van der Waals surface area contributed by atoms with Gasteiger partial charge in [0, 0.05) is 18.3 Å². The number of carbonyl (C=O) groups is 1. The Morgan fingerprint density at radius 1 is 1.32 bits per heavy atom. The SMILES string of the molecule is CCCCCC(C=C[C@H]1[C@@H]2CC(=O)[C@@H]2C[C@@H]1O)O[Si](C)(C)C(C)(C)C. The molecule has 0 amide bonds. The normalized spacial score (nSPS) is 31.2. The zero-order valence-electron chi connectivity index (χ0n) is 17.0. The van der Waals surface area contributed by atoms with Crippen LogP contribution >= 0.6 is 0 Å². The lowest BCUT2D eigenvalue weighted by Gasteiger charge is -2.39. The quantitative estimate of drug-likeness (QED) is 0.369. The number of hydrogen-bond donors (Lipinski definition) is 1. The van der Waals surface area contributed by atoms with Crippen molar-refractivity contribution in [2.24, 2.45) is 17.8 Å². The molecule has 144 valence electrons. The molecule has 0 aromatic heterocycles. The van der Waals surface area contributed by atoms with E-state index in [1.165, 1.54) is 19.3 Å². The zero-order valence-corrected chi connectivity index (χ0v) is 18.0. The highest BCUT2D eigenvalue weighted by molar-refractivity contribution is 6.74. The Labute approximate surface area is 155 Å². The predicted molar refractivity (Wildman–Crippen MR) is 106 cm³/mol. The smallest absolute Gasteiger partial charge is 0.192 e. The summed E-state index contributed by atoms with van der Waals surface area (Å²) in [5, 5.41) is 10.5. The first-order chi connectivity index (χ1) is 11.6. The summed E-state index contributed by atoms with van der Waals surface area (Å²) in [7, 11) is -1.82. The number of hydrogen-bond acceptors (Lipinski definition) is 3. The monoisotopic (exact) mass is 366 g/mol. The van der Waals surface area contributed by atoms with Crippen LogP contribution in [-0.4, -0.2) is 31.4 Å². The minimum Gasteiger partial charge on any atom is -0.411 e. The Balaban J connectivity index is 2.03. The van der Waals surface area contributed by atoms with Gasteiger partial charge in [0.05, 0.1) is 12.2 Å². The summed E-state index contributed by atoms with van der Waals surface area (Å²) in [5.74, 6) is 0.962. The van der Waals surface area contributed by atoms with Crippen molar-refractivity contribution in [3.63, 3.8) is 0 Å². The summed E-state index contributed by atoms with van der Waals surface area (Å²) in [6, 6.07) is 0. The molecule has 2 fully saturated rings. The van der Waals surface area contributed by atoms with E-state index in [0.717, 1.165) is 6.42 Å². The summed E-state index contributed by atoms with van der Waals surface area (Å²) >= 11 is 0. The molecule has 5 atom stereocenters. The van der Waals surface area contributed by atoms with E-state index in [-0.39, 0.29) is 29.1 Å². The fraction of sp³-hybridized carbons (Fsp3) is 0.857. The Bertz CT molecular complexity index is 492. The van der Waals surface area contributed by atoms with Crippen LogP contribution in [0.3, 0.4) is 0 Å². The van der Waals surface area contributed by atoms with E-state index in [2.05, 4.69) is 52.9 Å². The molecular weight excluding hydrogens is 328 g/mol. The van der Waals surface area contributed by atoms with Gasteiger partial charge in [-0.25, -0.2) is 0 Å². The van der Waals surface area contributed by atoms with Crippen LogP contribution in [0.4, 0.5) is 0 Å². The van der Waals surface area contributed by atoms with Gasteiger partial charge in [-0.05, 0) is 36.9 Å². The van der Waals surface area contributed by atoms with Gasteiger partial charge in [0.25, 0.3) is 0 Å². The molecule has 0 bridgehead atoms. The van der Waals surface area contributed by atoms with Crippen LogP contribution in [0.2, 0.25) is 18.1 Å². The fourth-order valence-electron chi connectivity index (χ4n) is 3.89. The number of fused-ring (bicyclic) bond motifs is 1. The van der Waals surface area contributed by atoms with E-state index in [4.69, 9.17) is 4.43 Å². The fourth-order valence-corrected chi connectivity index (χ4v) is 5.19. The molecule has 25 heavy (non-hydrogen) atoms. The Hall–Kier alpha value is -0.453. The molecule has 0 radical (unpaired) electrons. The van der Waals surface area contributed by atoms with Gasteiger partial charge in [-0.3, -0.25) is 4.79 Å². The van der Waals surface area contributed by atoms with Crippen LogP contribution in [-0.2, 0) is 9.22 Å². The first-order valence-electron chi connectivity index (χ1n) is 10.1. The second-order valence-corrected chi connectivity index (χ2v) is 14.4. The third-order valence-corrected chi connectivity index (χ3v) is 11.2. The van der Waals surface area contributed by atoms with Gasteiger partial charge in [-0.1, -0.05) is 59.1 Å². The van der Waals surface area contributed by atoms with Crippen molar-refractivity contribution in [1.82, 2.24) is 0 Å². The standard InChI is InChI=1S/C21H38O3Si/c1-7-8-9-10-15(24-25(5,6)21(2,3)4)11-12-16-17-13-20(23)18(17)14-19(16)22/h11-12,15-19,22H,7-10,13-14H2,1-6H3/t15?,16-,17-,18+,19-/m0/s1. The van der Waals surface area contributed by atoms with Gasteiger partial charge in [0.1, 0.15) is 5.78 Å². The lowest BCUT2D eigenvalue weighted by Crippen LogP contribution is -2.43. The van der Waals surface area contributed by atoms with Crippen LogP contribution in [0.5, 0.6) is 0 Å². The van der Waals surface area contributed by atoms with E-state index in [9.17, 15) is 9.90 Å². The first kappa shape index (κ1) is 20.9. The third-order valence-electron chi connectivity index (χ3n) is 6.69. The predicted octanol–water partition coefficient (Wildman–Crippen LogP) is 5.10. The van der Waals surface area contributed by atoms with Crippen molar-refractivity contribution >= 4 is 14.1 Å². The van der Waals surface area contributed by atoms with Crippen LogP contribution < -0.4 is 0 Å². The average Bonchev–Trinajstić information content (AvgIpc) is 2.75. The van der Waals surface area contributed by atoms with E-state index >= 15 is 0 Å². The molecule has 1 unspecified atom stereocenters. The van der Waals surface area contributed by atoms with Gasteiger partial charge >= 0.3 is 0 Å². The van der Waals surface area contributed by atoms with Crippen molar-refractivity contribution in [2.45, 2.75) is 96.6 Å². The molecule has 1 N–H and O–H groups in total. The number of rotatable bonds is 8. The van der Waals surface area contributed by atoms with E-state index in [1.807, 2.05) is 0 Å². The lowest BCUT2D eigenvalue weighted by atomic mass is 9.71. The molecule has 0 saturated heterocycles. The molecule has 2 rings (SSSR count). The summed E-state index contributed by atoms with van der Waals surface area (Å²) in [5.41, 5.74) is 0. The van der Waals surface area contributed by atoms with E-state index in [1.54, 1.807) is 0 Å². The van der Waals surface area contributed by atoms with E-state index in [0.29, 0.717) is 24.5 Å². The molecule has 2 aliphatic rings. The van der Waals surface area contributed by atoms with Gasteiger partial charge < -0.3 is 9.53 Å². The average molecular weight is 367 g/mol. The molecule has 3 nitrogen and oxygen atoms in total. The Morgan fingerprint density at radius 3 is 2.52 bits per heavy atom. The molecular formula is C21H38O3Si. The summed E-state index contributed by atoms with van der Waals surface area (Å²) < 4.78 is 6.65. The second-order valence-electron chi connectivity index (χ2n) is 9.62. The number of aliphatic hydroxyl groups is 1. The van der Waals surface area contributed by atoms with Crippen molar-refractivity contribution < 1.29 is 14.3 Å². The largest absolute Gasteiger partial charge is 0.411 e. The highest BCUT2D eigenvalue weighted by Gasteiger charge is 2.52. The molecule has 0 spiro atoms. The number of aliphatic hydroxyl groups excluding tert-OH is 1. The van der Waals surface area contributed by atoms with Crippen molar-refractivity contribution in [3.8, 4) is 0 Å². The van der Waals surface area contributed by atoms with Gasteiger partial charge in [0.15, 0.2) is 8.32 Å². The van der Waals surface area contributed by atoms with Gasteiger partial charge in [-0.15, -0.1) is 0 Å². The number of carbonyl (C=O) groups excluding carboxylic acids is 1.